The van der Waals surface area contributed by atoms with Crippen molar-refractivity contribution >= 4 is 17.5 Å². The first-order valence-corrected chi connectivity index (χ1v) is 5.99. The Balaban J connectivity index is 2.17. The van der Waals surface area contributed by atoms with Gasteiger partial charge in [0.2, 0.25) is 0 Å². The minimum absolute atomic E-state index is 0.217. The molecule has 0 saturated heterocycles. The van der Waals surface area contributed by atoms with Crippen LogP contribution in [-0.4, -0.2) is 5.91 Å². The van der Waals surface area contributed by atoms with Gasteiger partial charge in [0.05, 0.1) is 12.3 Å². The zero-order chi connectivity index (χ0) is 13.8. The third-order valence-electron chi connectivity index (χ3n) is 2.68. The molecule has 2 rings (SSSR count). The highest BCUT2D eigenvalue weighted by Gasteiger charge is 2.18. The molecule has 5 heteroatoms. The van der Waals surface area contributed by atoms with Gasteiger partial charge in [-0.25, -0.2) is 0 Å². The molecule has 4 nitrogen and oxygen atoms in total. The largest absolute Gasteiger partial charge is 0.459 e. The van der Waals surface area contributed by atoms with E-state index in [1.165, 1.54) is 6.26 Å². The standard InChI is InChI=1S/C14H11ClN2O2/c1-9-6-7-19-13(9)14(18)17-12(8-16)10-2-4-11(15)5-3-10/h2-7,12H,1H3,(H,17,18)/t12-/m0/s1. The van der Waals surface area contributed by atoms with Gasteiger partial charge in [-0.1, -0.05) is 23.7 Å². The van der Waals surface area contributed by atoms with Gasteiger partial charge in [0, 0.05) is 10.6 Å². The molecule has 2 aromatic rings. The van der Waals surface area contributed by atoms with Gasteiger partial charge in [0.25, 0.3) is 5.91 Å². The number of halogens is 1. The number of amides is 1. The van der Waals surface area contributed by atoms with Crippen LogP contribution in [0.2, 0.25) is 5.02 Å². The van der Waals surface area contributed by atoms with Crippen molar-refractivity contribution in [2.24, 2.45) is 0 Å². The van der Waals surface area contributed by atoms with Gasteiger partial charge in [-0.2, -0.15) is 5.26 Å². The normalized spacial score (nSPS) is 11.6. The van der Waals surface area contributed by atoms with E-state index in [2.05, 4.69) is 5.32 Å². The second-order valence-electron chi connectivity index (χ2n) is 4.02. The van der Waals surface area contributed by atoms with Crippen LogP contribution >= 0.6 is 11.6 Å². The highest BCUT2D eigenvalue weighted by atomic mass is 35.5. The summed E-state index contributed by atoms with van der Waals surface area (Å²) in [6.45, 7) is 1.77. The Morgan fingerprint density at radius 1 is 1.37 bits per heavy atom. The van der Waals surface area contributed by atoms with Crippen LogP contribution in [0.1, 0.15) is 27.7 Å². The number of furan rings is 1. The lowest BCUT2D eigenvalue weighted by Gasteiger charge is -2.11. The first-order valence-electron chi connectivity index (χ1n) is 5.62. The smallest absolute Gasteiger partial charge is 0.288 e. The number of hydrogen-bond donors (Lipinski definition) is 1. The summed E-state index contributed by atoms with van der Waals surface area (Å²) in [7, 11) is 0. The summed E-state index contributed by atoms with van der Waals surface area (Å²) in [5.41, 5.74) is 1.40. The molecule has 19 heavy (non-hydrogen) atoms. The summed E-state index contributed by atoms with van der Waals surface area (Å²) in [6, 6.07) is 9.73. The van der Waals surface area contributed by atoms with Crippen LogP contribution in [0.25, 0.3) is 0 Å². The van der Waals surface area contributed by atoms with Gasteiger partial charge in [0.1, 0.15) is 6.04 Å². The molecule has 0 saturated carbocycles. The molecule has 0 fully saturated rings. The molecule has 0 aliphatic carbocycles. The Labute approximate surface area is 115 Å². The number of nitriles is 1. The predicted molar refractivity (Wildman–Crippen MR) is 70.7 cm³/mol. The molecule has 1 aromatic carbocycles. The maximum absolute atomic E-state index is 12.0. The zero-order valence-corrected chi connectivity index (χ0v) is 10.9. The second-order valence-corrected chi connectivity index (χ2v) is 4.46. The lowest BCUT2D eigenvalue weighted by atomic mass is 10.1. The Bertz CT molecular complexity index is 626. The Morgan fingerprint density at radius 3 is 2.58 bits per heavy atom. The van der Waals surface area contributed by atoms with Crippen LogP contribution in [0, 0.1) is 18.3 Å². The number of carbonyl (C=O) groups excluding carboxylic acids is 1. The van der Waals surface area contributed by atoms with E-state index < -0.39 is 11.9 Å². The van der Waals surface area contributed by atoms with Crippen LogP contribution in [0.15, 0.2) is 41.0 Å². The van der Waals surface area contributed by atoms with E-state index in [1.807, 2.05) is 6.07 Å². The molecule has 0 aliphatic heterocycles. The summed E-state index contributed by atoms with van der Waals surface area (Å²) in [4.78, 5) is 12.0. The van der Waals surface area contributed by atoms with E-state index in [-0.39, 0.29) is 5.76 Å². The van der Waals surface area contributed by atoms with E-state index >= 15 is 0 Å². The zero-order valence-electron chi connectivity index (χ0n) is 10.2. The van der Waals surface area contributed by atoms with E-state index in [0.29, 0.717) is 10.6 Å². The summed E-state index contributed by atoms with van der Waals surface area (Å²) < 4.78 is 5.08. The topological polar surface area (TPSA) is 66.0 Å². The highest BCUT2D eigenvalue weighted by molar-refractivity contribution is 6.30. The molecule has 96 valence electrons. The summed E-state index contributed by atoms with van der Waals surface area (Å²) in [5.74, 6) is -0.196. The van der Waals surface area contributed by atoms with Crippen molar-refractivity contribution < 1.29 is 9.21 Å². The first-order chi connectivity index (χ1) is 9.11. The van der Waals surface area contributed by atoms with Gasteiger partial charge >= 0.3 is 0 Å². The summed E-state index contributed by atoms with van der Waals surface area (Å²) in [5, 5.41) is 12.3. The maximum atomic E-state index is 12.0. The van der Waals surface area contributed by atoms with Crippen molar-refractivity contribution in [3.05, 3.63) is 58.5 Å². The van der Waals surface area contributed by atoms with Crippen LogP contribution in [-0.2, 0) is 0 Å². The van der Waals surface area contributed by atoms with Gasteiger partial charge in [-0.15, -0.1) is 0 Å². The van der Waals surface area contributed by atoms with E-state index in [4.69, 9.17) is 21.3 Å². The number of nitrogens with zero attached hydrogens (tertiary/aromatic N) is 1. The quantitative estimate of drug-likeness (QED) is 0.934. The third kappa shape index (κ3) is 2.95. The van der Waals surface area contributed by atoms with Crippen LogP contribution in [0.5, 0.6) is 0 Å². The lowest BCUT2D eigenvalue weighted by molar-refractivity contribution is 0.0916. The fourth-order valence-corrected chi connectivity index (χ4v) is 1.77. The molecule has 1 atom stereocenters. The molecule has 0 spiro atoms. The molecule has 1 aromatic heterocycles. The molecule has 1 N–H and O–H groups in total. The molecule has 0 radical (unpaired) electrons. The van der Waals surface area contributed by atoms with E-state index in [0.717, 1.165) is 5.56 Å². The monoisotopic (exact) mass is 274 g/mol. The molecule has 0 aliphatic rings. The number of hydrogen-bond acceptors (Lipinski definition) is 3. The molecular formula is C14H11ClN2O2. The average Bonchev–Trinajstić information content (AvgIpc) is 2.83. The van der Waals surface area contributed by atoms with Gasteiger partial charge in [0.15, 0.2) is 5.76 Å². The summed E-state index contributed by atoms with van der Waals surface area (Å²) in [6.07, 6.45) is 1.44. The average molecular weight is 275 g/mol. The molecule has 1 amide bonds. The highest BCUT2D eigenvalue weighted by Crippen LogP contribution is 2.17. The van der Waals surface area contributed by atoms with Crippen molar-refractivity contribution in [1.82, 2.24) is 5.32 Å². The van der Waals surface area contributed by atoms with Crippen LogP contribution in [0.4, 0.5) is 0 Å². The maximum Gasteiger partial charge on any atom is 0.288 e. The molecule has 0 unspecified atom stereocenters. The van der Waals surface area contributed by atoms with Crippen molar-refractivity contribution in [3.63, 3.8) is 0 Å². The number of aryl methyl sites for hydroxylation is 1. The van der Waals surface area contributed by atoms with Gasteiger partial charge in [-0.3, -0.25) is 4.79 Å². The number of nitrogens with one attached hydrogen (secondary N) is 1. The van der Waals surface area contributed by atoms with Crippen molar-refractivity contribution in [1.29, 1.82) is 5.26 Å². The van der Waals surface area contributed by atoms with Crippen LogP contribution < -0.4 is 5.32 Å². The number of rotatable bonds is 3. The second kappa shape index (κ2) is 5.59. The van der Waals surface area contributed by atoms with Crippen molar-refractivity contribution in [3.8, 4) is 6.07 Å². The minimum atomic E-state index is -0.741. The van der Waals surface area contributed by atoms with Crippen molar-refractivity contribution in [2.75, 3.05) is 0 Å². The molecular weight excluding hydrogens is 264 g/mol. The van der Waals surface area contributed by atoms with Gasteiger partial charge in [-0.05, 0) is 30.7 Å². The third-order valence-corrected chi connectivity index (χ3v) is 2.93. The number of carbonyl (C=O) groups is 1. The fourth-order valence-electron chi connectivity index (χ4n) is 1.65. The van der Waals surface area contributed by atoms with E-state index in [1.54, 1.807) is 37.3 Å². The number of benzene rings is 1. The van der Waals surface area contributed by atoms with Gasteiger partial charge < -0.3 is 9.73 Å². The summed E-state index contributed by atoms with van der Waals surface area (Å²) >= 11 is 5.78. The fraction of sp³-hybridized carbons (Fsp3) is 0.143. The van der Waals surface area contributed by atoms with Crippen molar-refractivity contribution in [2.45, 2.75) is 13.0 Å². The Kier molecular flexibility index (Phi) is 3.88. The first kappa shape index (κ1) is 13.2. The lowest BCUT2D eigenvalue weighted by Crippen LogP contribution is -2.27. The predicted octanol–water partition coefficient (Wildman–Crippen LogP) is 3.24. The Hall–Kier alpha value is -2.25. The molecule has 1 heterocycles. The minimum Gasteiger partial charge on any atom is -0.459 e. The Morgan fingerprint density at radius 2 is 2.05 bits per heavy atom. The molecule has 0 bridgehead atoms. The SMILES string of the molecule is Cc1ccoc1C(=O)N[C@@H](C#N)c1ccc(Cl)cc1. The van der Waals surface area contributed by atoms with Crippen LogP contribution in [0.3, 0.4) is 0 Å². The van der Waals surface area contributed by atoms with E-state index in [9.17, 15) is 4.79 Å².